The Morgan fingerprint density at radius 3 is 1.53 bits per heavy atom. The Kier molecular flexibility index (Phi) is 14.6. The molecule has 0 aliphatic rings. The topological polar surface area (TPSA) is 49.7 Å². The van der Waals surface area contributed by atoms with E-state index in [-0.39, 0.29) is 0 Å². The molecule has 0 fully saturated rings. The second-order valence-corrected chi connectivity index (χ2v) is 5.39. The zero-order valence-electron chi connectivity index (χ0n) is 11.2. The van der Waals surface area contributed by atoms with Crippen LogP contribution in [-0.2, 0) is 4.52 Å². The van der Waals surface area contributed by atoms with E-state index in [4.69, 9.17) is 14.3 Å². The van der Waals surface area contributed by atoms with Gasteiger partial charge in [0.2, 0.25) is 0 Å². The van der Waals surface area contributed by atoms with Gasteiger partial charge in [-0.2, -0.15) is 0 Å². The van der Waals surface area contributed by atoms with Crippen LogP contribution in [0.25, 0.3) is 0 Å². The molecule has 0 atom stereocenters. The molecule has 0 aromatic heterocycles. The summed E-state index contributed by atoms with van der Waals surface area (Å²) < 4.78 is 4.70. The minimum atomic E-state index is -2.14. The third-order valence-corrected chi connectivity index (χ3v) is 3.37. The Morgan fingerprint density at radius 2 is 1.12 bits per heavy atom. The maximum absolute atomic E-state index is 8.51. The van der Waals surface area contributed by atoms with Gasteiger partial charge < -0.3 is 14.3 Å². The van der Waals surface area contributed by atoms with E-state index in [0.717, 1.165) is 12.8 Å². The standard InChI is InChI=1S/C13H29O3P/c1-2-3-4-5-6-7-8-9-10-11-12-13-16-17(14)15/h14-15H,2-13H2,1H3. The fourth-order valence-electron chi connectivity index (χ4n) is 1.91. The van der Waals surface area contributed by atoms with Crippen molar-refractivity contribution in [3.05, 3.63) is 0 Å². The van der Waals surface area contributed by atoms with Gasteiger partial charge in [-0.15, -0.1) is 0 Å². The lowest BCUT2D eigenvalue weighted by Gasteiger charge is -2.04. The van der Waals surface area contributed by atoms with Crippen molar-refractivity contribution in [1.29, 1.82) is 0 Å². The van der Waals surface area contributed by atoms with Crippen molar-refractivity contribution < 1.29 is 14.3 Å². The van der Waals surface area contributed by atoms with E-state index in [9.17, 15) is 0 Å². The van der Waals surface area contributed by atoms with Crippen LogP contribution in [0.2, 0.25) is 0 Å². The van der Waals surface area contributed by atoms with Gasteiger partial charge in [-0.1, -0.05) is 71.1 Å². The first-order valence-corrected chi connectivity index (χ1v) is 8.24. The van der Waals surface area contributed by atoms with Gasteiger partial charge in [0.25, 0.3) is 0 Å². The van der Waals surface area contributed by atoms with E-state index >= 15 is 0 Å². The van der Waals surface area contributed by atoms with Crippen molar-refractivity contribution >= 4 is 8.60 Å². The number of hydrogen-bond donors (Lipinski definition) is 2. The molecule has 2 N–H and O–H groups in total. The summed E-state index contributed by atoms with van der Waals surface area (Å²) in [6.07, 6.45) is 14.3. The van der Waals surface area contributed by atoms with Crippen LogP contribution in [0.4, 0.5) is 0 Å². The molecule has 0 bridgehead atoms. The third-order valence-electron chi connectivity index (χ3n) is 2.95. The first-order chi connectivity index (χ1) is 8.27. The summed E-state index contributed by atoms with van der Waals surface area (Å²) in [5.74, 6) is 0. The molecule has 0 radical (unpaired) electrons. The Balaban J connectivity index is 2.89. The maximum Gasteiger partial charge on any atom is 0.327 e. The quantitative estimate of drug-likeness (QED) is 0.379. The van der Waals surface area contributed by atoms with Crippen LogP contribution < -0.4 is 0 Å². The van der Waals surface area contributed by atoms with E-state index in [1.54, 1.807) is 0 Å². The Hall–Kier alpha value is 0.310. The van der Waals surface area contributed by atoms with E-state index in [1.165, 1.54) is 57.8 Å². The molecule has 3 nitrogen and oxygen atoms in total. The highest BCUT2D eigenvalue weighted by atomic mass is 31.2. The Bertz CT molecular complexity index is 143. The summed E-state index contributed by atoms with van der Waals surface area (Å²) in [6.45, 7) is 2.73. The predicted molar refractivity (Wildman–Crippen MR) is 73.8 cm³/mol. The smallest absolute Gasteiger partial charge is 0.327 e. The molecule has 0 aliphatic heterocycles. The number of unbranched alkanes of at least 4 members (excludes halogenated alkanes) is 10. The average molecular weight is 264 g/mol. The summed E-state index contributed by atoms with van der Waals surface area (Å²) in [7, 11) is -2.14. The van der Waals surface area contributed by atoms with Crippen molar-refractivity contribution in [3.8, 4) is 0 Å². The van der Waals surface area contributed by atoms with Crippen molar-refractivity contribution in [3.63, 3.8) is 0 Å². The SMILES string of the molecule is CCCCCCCCCCCCCOP(O)O. The Labute approximate surface area is 108 Å². The molecule has 104 valence electrons. The van der Waals surface area contributed by atoms with Crippen LogP contribution in [0.1, 0.15) is 77.6 Å². The summed E-state index contributed by atoms with van der Waals surface area (Å²) in [6, 6.07) is 0. The van der Waals surface area contributed by atoms with Gasteiger partial charge in [0, 0.05) is 0 Å². The summed E-state index contributed by atoms with van der Waals surface area (Å²) >= 11 is 0. The van der Waals surface area contributed by atoms with Crippen molar-refractivity contribution in [2.24, 2.45) is 0 Å². The minimum Gasteiger partial charge on any atom is -0.328 e. The summed E-state index contributed by atoms with van der Waals surface area (Å²) in [5.41, 5.74) is 0. The van der Waals surface area contributed by atoms with E-state index in [2.05, 4.69) is 6.92 Å². The van der Waals surface area contributed by atoms with Gasteiger partial charge in [0.15, 0.2) is 0 Å². The molecule has 0 saturated heterocycles. The third kappa shape index (κ3) is 16.3. The largest absolute Gasteiger partial charge is 0.328 e. The molecule has 4 heteroatoms. The molecule has 0 aliphatic carbocycles. The lowest BCUT2D eigenvalue weighted by Crippen LogP contribution is -1.89. The Morgan fingerprint density at radius 1 is 0.706 bits per heavy atom. The van der Waals surface area contributed by atoms with Gasteiger partial charge >= 0.3 is 8.60 Å². The fraction of sp³-hybridized carbons (Fsp3) is 1.00. The van der Waals surface area contributed by atoms with Crippen molar-refractivity contribution in [2.45, 2.75) is 77.6 Å². The molecule has 0 aromatic rings. The average Bonchev–Trinajstić information content (AvgIpc) is 2.30. The van der Waals surface area contributed by atoms with Crippen LogP contribution in [0.5, 0.6) is 0 Å². The molecule has 0 aromatic carbocycles. The zero-order valence-corrected chi connectivity index (χ0v) is 12.1. The van der Waals surface area contributed by atoms with Crippen LogP contribution >= 0.6 is 8.60 Å². The molecule has 0 heterocycles. The summed E-state index contributed by atoms with van der Waals surface area (Å²) in [4.78, 5) is 17.0. The highest BCUT2D eigenvalue weighted by Crippen LogP contribution is 2.24. The first-order valence-electron chi connectivity index (χ1n) is 7.08. The van der Waals surface area contributed by atoms with Crippen LogP contribution in [-0.4, -0.2) is 16.4 Å². The number of hydrogen-bond acceptors (Lipinski definition) is 3. The first kappa shape index (κ1) is 17.3. The predicted octanol–water partition coefficient (Wildman–Crippen LogP) is 4.53. The van der Waals surface area contributed by atoms with E-state index < -0.39 is 8.60 Å². The monoisotopic (exact) mass is 264 g/mol. The van der Waals surface area contributed by atoms with Crippen LogP contribution in [0.15, 0.2) is 0 Å². The van der Waals surface area contributed by atoms with Crippen LogP contribution in [0.3, 0.4) is 0 Å². The normalized spacial score (nSPS) is 11.3. The van der Waals surface area contributed by atoms with Gasteiger partial charge in [0.05, 0.1) is 6.61 Å². The lowest BCUT2D eigenvalue weighted by atomic mass is 10.1. The van der Waals surface area contributed by atoms with Crippen molar-refractivity contribution in [2.75, 3.05) is 6.61 Å². The van der Waals surface area contributed by atoms with Gasteiger partial charge in [-0.25, -0.2) is 0 Å². The molecular weight excluding hydrogens is 235 g/mol. The van der Waals surface area contributed by atoms with Crippen LogP contribution in [0, 0.1) is 0 Å². The molecule has 0 rings (SSSR count). The van der Waals surface area contributed by atoms with Gasteiger partial charge in [0.1, 0.15) is 0 Å². The molecule has 0 unspecified atom stereocenters. The van der Waals surface area contributed by atoms with Gasteiger partial charge in [-0.05, 0) is 6.42 Å². The molecule has 0 saturated carbocycles. The molecule has 17 heavy (non-hydrogen) atoms. The summed E-state index contributed by atoms with van der Waals surface area (Å²) in [5, 5.41) is 0. The van der Waals surface area contributed by atoms with E-state index in [0.29, 0.717) is 6.61 Å². The second kappa shape index (κ2) is 14.4. The molecular formula is C13H29O3P. The molecule has 0 amide bonds. The fourth-order valence-corrected chi connectivity index (χ4v) is 2.20. The minimum absolute atomic E-state index is 0.482. The lowest BCUT2D eigenvalue weighted by molar-refractivity contribution is 0.248. The maximum atomic E-state index is 8.51. The highest BCUT2D eigenvalue weighted by Gasteiger charge is 1.98. The van der Waals surface area contributed by atoms with E-state index in [1.807, 2.05) is 0 Å². The molecule has 0 spiro atoms. The second-order valence-electron chi connectivity index (χ2n) is 4.62. The van der Waals surface area contributed by atoms with Crippen molar-refractivity contribution in [1.82, 2.24) is 0 Å². The van der Waals surface area contributed by atoms with Gasteiger partial charge in [-0.3, -0.25) is 0 Å². The number of rotatable bonds is 13. The highest BCUT2D eigenvalue weighted by molar-refractivity contribution is 7.39. The zero-order chi connectivity index (χ0) is 12.8.